The molecule has 1 aromatic heterocycles. The largest absolute Gasteiger partial charge is 0.493 e. The Hall–Kier alpha value is -2.99. The predicted octanol–water partition coefficient (Wildman–Crippen LogP) is 3.75. The van der Waals surface area contributed by atoms with Crippen LogP contribution in [-0.4, -0.2) is 36.4 Å². The number of aryl methyl sites for hydroxylation is 1. The smallest absolute Gasteiger partial charge is 0.203 e. The monoisotopic (exact) mass is 368 g/mol. The maximum absolute atomic E-state index is 10.8. The molecule has 2 N–H and O–H groups in total. The molecule has 3 aromatic rings. The van der Waals surface area contributed by atoms with Crippen LogP contribution in [0.25, 0.3) is 11.4 Å². The number of nitrogens with one attached hydrogen (secondary N) is 1. The number of rotatable bonds is 7. The van der Waals surface area contributed by atoms with E-state index < -0.39 is 6.10 Å². The minimum atomic E-state index is -0.908. The van der Waals surface area contributed by atoms with Gasteiger partial charge >= 0.3 is 0 Å². The molecule has 3 rings (SSSR count). The van der Waals surface area contributed by atoms with E-state index in [1.807, 2.05) is 12.1 Å². The Balaban J connectivity index is 1.92. The first-order valence-electron chi connectivity index (χ1n) is 8.73. The number of hydrogen-bond donors (Lipinski definition) is 2. The van der Waals surface area contributed by atoms with Crippen LogP contribution in [0.2, 0.25) is 0 Å². The highest BCUT2D eigenvalue weighted by molar-refractivity contribution is 5.57. The fraction of sp³-hybridized carbons (Fsp3) is 0.286. The third kappa shape index (κ3) is 3.75. The lowest BCUT2D eigenvalue weighted by molar-refractivity contribution is 0.214. The van der Waals surface area contributed by atoms with Gasteiger partial charge in [-0.15, -0.1) is 0 Å². The van der Waals surface area contributed by atoms with Gasteiger partial charge in [0.1, 0.15) is 11.9 Å². The van der Waals surface area contributed by atoms with E-state index >= 15 is 0 Å². The molecule has 142 valence electrons. The number of aromatic amines is 1. The Morgan fingerprint density at radius 2 is 1.63 bits per heavy atom. The Kier molecular flexibility index (Phi) is 5.66. The van der Waals surface area contributed by atoms with Crippen molar-refractivity contribution in [2.24, 2.45) is 0 Å². The van der Waals surface area contributed by atoms with Gasteiger partial charge in [-0.2, -0.15) is 0 Å². The summed E-state index contributed by atoms with van der Waals surface area (Å²) in [5.41, 5.74) is 3.43. The van der Waals surface area contributed by atoms with Crippen molar-refractivity contribution in [3.8, 4) is 28.6 Å². The van der Waals surface area contributed by atoms with E-state index in [4.69, 9.17) is 14.2 Å². The standard InChI is InChI=1S/C21H24N2O4/c1-5-13-6-8-14(9-7-13)21-22-12-16(23-21)19(24)15-10-17(25-2)20(27-4)18(11-15)26-3/h6-12,19,24H,5H2,1-4H3,(H,22,23). The highest BCUT2D eigenvalue weighted by Gasteiger charge is 2.20. The van der Waals surface area contributed by atoms with Gasteiger partial charge in [-0.05, 0) is 29.7 Å². The number of imidazole rings is 1. The molecular weight excluding hydrogens is 344 g/mol. The summed E-state index contributed by atoms with van der Waals surface area (Å²) in [6, 6.07) is 11.6. The minimum absolute atomic E-state index is 0.484. The van der Waals surface area contributed by atoms with Crippen LogP contribution in [-0.2, 0) is 6.42 Å². The van der Waals surface area contributed by atoms with Crippen LogP contribution in [0.5, 0.6) is 17.2 Å². The van der Waals surface area contributed by atoms with E-state index in [1.165, 1.54) is 5.56 Å². The molecule has 0 saturated heterocycles. The molecule has 6 heteroatoms. The Labute approximate surface area is 158 Å². The van der Waals surface area contributed by atoms with Gasteiger partial charge in [0, 0.05) is 5.56 Å². The van der Waals surface area contributed by atoms with Gasteiger partial charge < -0.3 is 24.3 Å². The molecule has 0 aliphatic heterocycles. The van der Waals surface area contributed by atoms with E-state index in [0.29, 0.717) is 34.3 Å². The molecular formula is C21H24N2O4. The molecule has 1 unspecified atom stereocenters. The van der Waals surface area contributed by atoms with Crippen molar-refractivity contribution in [1.29, 1.82) is 0 Å². The number of aliphatic hydroxyl groups is 1. The third-order valence-corrected chi connectivity index (χ3v) is 4.53. The summed E-state index contributed by atoms with van der Waals surface area (Å²) >= 11 is 0. The van der Waals surface area contributed by atoms with Crippen molar-refractivity contribution in [3.05, 3.63) is 59.4 Å². The molecule has 27 heavy (non-hydrogen) atoms. The first-order valence-corrected chi connectivity index (χ1v) is 8.73. The number of aromatic nitrogens is 2. The molecule has 0 amide bonds. The maximum Gasteiger partial charge on any atom is 0.203 e. The van der Waals surface area contributed by atoms with Gasteiger partial charge in [0.15, 0.2) is 11.5 Å². The van der Waals surface area contributed by atoms with Gasteiger partial charge in [-0.3, -0.25) is 0 Å². The number of ether oxygens (including phenoxy) is 3. The second kappa shape index (κ2) is 8.14. The molecule has 0 spiro atoms. The number of nitrogens with zero attached hydrogens (tertiary/aromatic N) is 1. The predicted molar refractivity (Wildman–Crippen MR) is 104 cm³/mol. The highest BCUT2D eigenvalue weighted by Crippen LogP contribution is 2.40. The van der Waals surface area contributed by atoms with E-state index in [-0.39, 0.29) is 0 Å². The van der Waals surface area contributed by atoms with Gasteiger partial charge in [0.2, 0.25) is 5.75 Å². The summed E-state index contributed by atoms with van der Waals surface area (Å²) < 4.78 is 16.0. The van der Waals surface area contributed by atoms with Gasteiger partial charge in [-0.1, -0.05) is 31.2 Å². The van der Waals surface area contributed by atoms with Crippen molar-refractivity contribution in [1.82, 2.24) is 9.97 Å². The molecule has 2 aromatic carbocycles. The number of hydrogen-bond acceptors (Lipinski definition) is 5. The maximum atomic E-state index is 10.8. The molecule has 0 radical (unpaired) electrons. The van der Waals surface area contributed by atoms with Crippen molar-refractivity contribution >= 4 is 0 Å². The molecule has 0 saturated carbocycles. The number of benzene rings is 2. The zero-order valence-corrected chi connectivity index (χ0v) is 15.9. The lowest BCUT2D eigenvalue weighted by Gasteiger charge is -2.16. The fourth-order valence-corrected chi connectivity index (χ4v) is 2.96. The number of methoxy groups -OCH3 is 3. The summed E-state index contributed by atoms with van der Waals surface area (Å²) in [7, 11) is 4.63. The topological polar surface area (TPSA) is 76.6 Å². The highest BCUT2D eigenvalue weighted by atomic mass is 16.5. The summed E-state index contributed by atoms with van der Waals surface area (Å²) in [5.74, 6) is 2.16. The van der Waals surface area contributed by atoms with E-state index in [9.17, 15) is 5.11 Å². The lowest BCUT2D eigenvalue weighted by Crippen LogP contribution is -2.03. The number of H-pyrrole nitrogens is 1. The molecule has 0 aliphatic rings. The SMILES string of the molecule is CCc1ccc(-c2ncc(C(O)c3cc(OC)c(OC)c(OC)c3)[nH]2)cc1. The fourth-order valence-electron chi connectivity index (χ4n) is 2.96. The van der Waals surface area contributed by atoms with Crippen LogP contribution >= 0.6 is 0 Å². The van der Waals surface area contributed by atoms with Crippen LogP contribution in [0.1, 0.15) is 29.8 Å². The van der Waals surface area contributed by atoms with E-state index in [0.717, 1.165) is 12.0 Å². The van der Waals surface area contributed by atoms with Crippen LogP contribution in [0.4, 0.5) is 0 Å². The minimum Gasteiger partial charge on any atom is -0.493 e. The molecule has 1 atom stereocenters. The van der Waals surface area contributed by atoms with Gasteiger partial charge in [0.25, 0.3) is 0 Å². The van der Waals surface area contributed by atoms with Crippen LogP contribution in [0.3, 0.4) is 0 Å². The second-order valence-electron chi connectivity index (χ2n) is 6.10. The van der Waals surface area contributed by atoms with Crippen molar-refractivity contribution in [2.45, 2.75) is 19.4 Å². The first-order chi connectivity index (χ1) is 13.1. The van der Waals surface area contributed by atoms with E-state index in [2.05, 4.69) is 29.0 Å². The molecule has 1 heterocycles. The quantitative estimate of drug-likeness (QED) is 0.664. The Bertz CT molecular complexity index is 878. The van der Waals surface area contributed by atoms with Crippen molar-refractivity contribution < 1.29 is 19.3 Å². The number of aliphatic hydroxyl groups excluding tert-OH is 1. The summed E-state index contributed by atoms with van der Waals surface area (Å²) in [6.45, 7) is 2.12. The molecule has 0 bridgehead atoms. The molecule has 6 nitrogen and oxygen atoms in total. The van der Waals surface area contributed by atoms with Crippen LogP contribution < -0.4 is 14.2 Å². The zero-order valence-electron chi connectivity index (χ0n) is 15.9. The second-order valence-corrected chi connectivity index (χ2v) is 6.10. The van der Waals surface area contributed by atoms with Crippen molar-refractivity contribution in [3.63, 3.8) is 0 Å². The zero-order chi connectivity index (χ0) is 19.4. The summed E-state index contributed by atoms with van der Waals surface area (Å²) in [6.07, 6.45) is 1.72. The molecule has 0 aliphatic carbocycles. The van der Waals surface area contributed by atoms with Crippen molar-refractivity contribution in [2.75, 3.05) is 21.3 Å². The lowest BCUT2D eigenvalue weighted by atomic mass is 10.1. The summed E-state index contributed by atoms with van der Waals surface area (Å²) in [4.78, 5) is 7.60. The Morgan fingerprint density at radius 3 is 2.15 bits per heavy atom. The molecule has 0 fully saturated rings. The first kappa shape index (κ1) is 18.8. The van der Waals surface area contributed by atoms with Gasteiger partial charge in [0.05, 0.1) is 33.2 Å². The Morgan fingerprint density at radius 1 is 1.00 bits per heavy atom. The normalized spacial score (nSPS) is 11.9. The average molecular weight is 368 g/mol. The average Bonchev–Trinajstić information content (AvgIpc) is 3.22. The summed E-state index contributed by atoms with van der Waals surface area (Å²) in [5, 5.41) is 10.8. The van der Waals surface area contributed by atoms with E-state index in [1.54, 1.807) is 39.7 Å². The third-order valence-electron chi connectivity index (χ3n) is 4.53. The van der Waals surface area contributed by atoms with Gasteiger partial charge in [-0.25, -0.2) is 4.98 Å². The van der Waals surface area contributed by atoms with Crippen LogP contribution in [0.15, 0.2) is 42.6 Å². The van der Waals surface area contributed by atoms with Crippen LogP contribution in [0, 0.1) is 0 Å².